The summed E-state index contributed by atoms with van der Waals surface area (Å²) in [6.07, 6.45) is -0.290. The minimum absolute atomic E-state index is 0. The summed E-state index contributed by atoms with van der Waals surface area (Å²) >= 11 is 0. The fourth-order valence-electron chi connectivity index (χ4n) is 0.542. The molecule has 0 aromatic rings. The largest absolute Gasteiger partial charge is 1.00 e. The predicted octanol–water partition coefficient (Wildman–Crippen LogP) is -2.38. The molecule has 0 saturated carbocycles. The van der Waals surface area contributed by atoms with Gasteiger partial charge in [0, 0.05) is 0 Å². The average Bonchev–Trinajstić information content (AvgIpc) is 1.87. The van der Waals surface area contributed by atoms with Gasteiger partial charge in [0.25, 0.3) is 0 Å². The number of ether oxygens (including phenoxy) is 2. The Hall–Kier alpha value is -0.0600. The maximum Gasteiger partial charge on any atom is 1.00 e. The Balaban J connectivity index is -0.000000500. The van der Waals surface area contributed by atoms with Crippen LogP contribution in [0.4, 0.5) is 0 Å². The third-order valence-electron chi connectivity index (χ3n) is 0.899. The molecule has 5 heteroatoms. The van der Waals surface area contributed by atoms with Crippen LogP contribution < -0.4 is 29.6 Å². The Morgan fingerprint density at radius 1 is 1.08 bits per heavy atom. The van der Waals surface area contributed by atoms with Gasteiger partial charge < -0.3 is 10.9 Å². The molecule has 0 saturated heterocycles. The van der Waals surface area contributed by atoms with E-state index >= 15 is 0 Å². The summed E-state index contributed by atoms with van der Waals surface area (Å²) in [6.45, 7) is 3.95. The first kappa shape index (κ1) is 14.5. The molecule has 0 heterocycles. The van der Waals surface area contributed by atoms with Crippen LogP contribution in [-0.4, -0.2) is 25.2 Å². The van der Waals surface area contributed by atoms with E-state index in [1.807, 2.05) is 0 Å². The molecule has 0 aromatic heterocycles. The van der Waals surface area contributed by atoms with Crippen molar-refractivity contribution < 1.29 is 50.0 Å². The third kappa shape index (κ3) is 8.04. The fourth-order valence-corrected chi connectivity index (χ4v) is 0.542. The number of hydrogen-bond acceptors (Lipinski definition) is 4. The summed E-state index contributed by atoms with van der Waals surface area (Å²) in [6, 6.07) is 0. The molecule has 0 fully saturated rings. The van der Waals surface area contributed by atoms with Gasteiger partial charge in [-0.15, -0.1) is 0 Å². The second kappa shape index (κ2) is 9.03. The second-order valence-corrected chi connectivity index (χ2v) is 1.79. The molecule has 0 aliphatic carbocycles. The first-order chi connectivity index (χ1) is 5.20. The minimum Gasteiger partial charge on any atom is -1.00 e. The SMILES string of the molecule is CCOC(=O)CC(=O)OCC.[H-].[Na+]. The van der Waals surface area contributed by atoms with E-state index in [4.69, 9.17) is 0 Å². The summed E-state index contributed by atoms with van der Waals surface area (Å²) in [7, 11) is 0. The smallest absolute Gasteiger partial charge is 1.00 e. The van der Waals surface area contributed by atoms with Crippen LogP contribution >= 0.6 is 0 Å². The first-order valence-electron chi connectivity index (χ1n) is 3.52. The van der Waals surface area contributed by atoms with E-state index in [2.05, 4.69) is 9.47 Å². The first-order valence-corrected chi connectivity index (χ1v) is 3.52. The molecule has 12 heavy (non-hydrogen) atoms. The summed E-state index contributed by atoms with van der Waals surface area (Å²) in [5, 5.41) is 0. The van der Waals surface area contributed by atoms with Crippen LogP contribution in [-0.2, 0) is 19.1 Å². The van der Waals surface area contributed by atoms with Crippen LogP contribution in [0.2, 0.25) is 0 Å². The number of carbonyl (C=O) groups excluding carboxylic acids is 2. The van der Waals surface area contributed by atoms with Crippen molar-refractivity contribution in [2.24, 2.45) is 0 Å². The van der Waals surface area contributed by atoms with Gasteiger partial charge in [-0.1, -0.05) is 0 Å². The maximum atomic E-state index is 10.6. The predicted molar refractivity (Wildman–Crippen MR) is 39.0 cm³/mol. The van der Waals surface area contributed by atoms with Crippen molar-refractivity contribution in [1.29, 1.82) is 0 Å². The van der Waals surface area contributed by atoms with Crippen molar-refractivity contribution >= 4 is 11.9 Å². The molecule has 66 valence electrons. The van der Waals surface area contributed by atoms with Crippen molar-refractivity contribution in [3.05, 3.63) is 0 Å². The molecule has 0 aliphatic rings. The Morgan fingerprint density at radius 2 is 1.42 bits per heavy atom. The Morgan fingerprint density at radius 3 is 1.67 bits per heavy atom. The fraction of sp³-hybridized carbons (Fsp3) is 0.714. The number of hydrogen-bond donors (Lipinski definition) is 0. The van der Waals surface area contributed by atoms with Crippen molar-refractivity contribution in [2.45, 2.75) is 20.3 Å². The standard InChI is InChI=1S/C7H12O4.Na.H/c1-3-10-6(8)5-7(9)11-4-2;;/h3-5H2,1-2H3;;/q;+1;-1. The molecule has 0 amide bonds. The zero-order valence-electron chi connectivity index (χ0n) is 8.75. The molecule has 0 bridgehead atoms. The summed E-state index contributed by atoms with van der Waals surface area (Å²) in [4.78, 5) is 21.2. The maximum absolute atomic E-state index is 10.6. The molecular weight excluding hydrogens is 171 g/mol. The van der Waals surface area contributed by atoms with E-state index in [1.165, 1.54) is 0 Å². The third-order valence-corrected chi connectivity index (χ3v) is 0.899. The van der Waals surface area contributed by atoms with Crippen LogP contribution in [0.5, 0.6) is 0 Å². The summed E-state index contributed by atoms with van der Waals surface area (Å²) in [5.41, 5.74) is 0. The Labute approximate surface area is 95.4 Å². The van der Waals surface area contributed by atoms with Gasteiger partial charge in [0.2, 0.25) is 0 Å². The van der Waals surface area contributed by atoms with Crippen LogP contribution in [0.25, 0.3) is 0 Å². The van der Waals surface area contributed by atoms with Crippen LogP contribution in [0.1, 0.15) is 21.7 Å². The van der Waals surface area contributed by atoms with Gasteiger partial charge in [0.1, 0.15) is 6.42 Å². The van der Waals surface area contributed by atoms with Crippen molar-refractivity contribution in [1.82, 2.24) is 0 Å². The molecule has 0 spiro atoms. The quantitative estimate of drug-likeness (QED) is 0.278. The molecule has 0 N–H and O–H groups in total. The van der Waals surface area contributed by atoms with E-state index < -0.39 is 11.9 Å². The zero-order valence-corrected chi connectivity index (χ0v) is 9.75. The van der Waals surface area contributed by atoms with Gasteiger partial charge in [-0.05, 0) is 13.8 Å². The summed E-state index contributed by atoms with van der Waals surface area (Å²) in [5.74, 6) is -1.07. The molecule has 0 unspecified atom stereocenters. The summed E-state index contributed by atoms with van der Waals surface area (Å²) < 4.78 is 9.04. The minimum atomic E-state index is -0.536. The van der Waals surface area contributed by atoms with E-state index in [9.17, 15) is 9.59 Å². The van der Waals surface area contributed by atoms with Crippen molar-refractivity contribution in [3.63, 3.8) is 0 Å². The van der Waals surface area contributed by atoms with Gasteiger partial charge in [-0.3, -0.25) is 9.59 Å². The normalized spacial score (nSPS) is 8.17. The van der Waals surface area contributed by atoms with Gasteiger partial charge in [-0.2, -0.15) is 0 Å². The van der Waals surface area contributed by atoms with Crippen molar-refractivity contribution in [3.8, 4) is 0 Å². The van der Waals surface area contributed by atoms with E-state index in [0.29, 0.717) is 0 Å². The van der Waals surface area contributed by atoms with Crippen LogP contribution in [0.3, 0.4) is 0 Å². The number of rotatable bonds is 4. The Bertz CT molecular complexity index is 135. The van der Waals surface area contributed by atoms with Crippen molar-refractivity contribution in [2.75, 3.05) is 13.2 Å². The molecule has 0 rings (SSSR count). The molecule has 4 nitrogen and oxygen atoms in total. The zero-order chi connectivity index (χ0) is 8.69. The van der Waals surface area contributed by atoms with Crippen LogP contribution in [0, 0.1) is 0 Å². The molecule has 0 radical (unpaired) electrons. The topological polar surface area (TPSA) is 52.6 Å². The van der Waals surface area contributed by atoms with Crippen LogP contribution in [0.15, 0.2) is 0 Å². The average molecular weight is 184 g/mol. The monoisotopic (exact) mass is 184 g/mol. The van der Waals surface area contributed by atoms with E-state index in [1.54, 1.807) is 13.8 Å². The molecule has 0 aromatic carbocycles. The number of esters is 2. The number of carbonyl (C=O) groups is 2. The van der Waals surface area contributed by atoms with Gasteiger partial charge in [0.15, 0.2) is 0 Å². The second-order valence-electron chi connectivity index (χ2n) is 1.79. The van der Waals surface area contributed by atoms with Gasteiger partial charge in [-0.25, -0.2) is 0 Å². The van der Waals surface area contributed by atoms with Gasteiger partial charge >= 0.3 is 41.5 Å². The van der Waals surface area contributed by atoms with Gasteiger partial charge in [0.05, 0.1) is 13.2 Å². The Kier molecular flexibility index (Phi) is 10.9. The molecular formula is C7H13NaO4. The molecule has 0 aliphatic heterocycles. The van der Waals surface area contributed by atoms with E-state index in [0.717, 1.165) is 0 Å². The van der Waals surface area contributed by atoms with E-state index in [-0.39, 0.29) is 50.6 Å². The molecule has 0 atom stereocenters.